The van der Waals surface area contributed by atoms with Crippen LogP contribution in [0.4, 0.5) is 13.2 Å². The summed E-state index contributed by atoms with van der Waals surface area (Å²) in [6.45, 7) is 2.86. The summed E-state index contributed by atoms with van der Waals surface area (Å²) in [5.74, 6) is -2.66. The lowest BCUT2D eigenvalue weighted by atomic mass is 10.0. The van der Waals surface area contributed by atoms with Gasteiger partial charge in [-0.05, 0) is 30.2 Å². The third-order valence-corrected chi connectivity index (χ3v) is 6.05. The minimum Gasteiger partial charge on any atom is -0.421 e. The average molecular weight is 534 g/mol. The molecule has 9 nitrogen and oxygen atoms in total. The molecule has 0 unspecified atom stereocenters. The van der Waals surface area contributed by atoms with E-state index in [9.17, 15) is 18.0 Å². The van der Waals surface area contributed by atoms with Crippen LogP contribution in [-0.4, -0.2) is 48.6 Å². The minimum absolute atomic E-state index is 0. The van der Waals surface area contributed by atoms with Gasteiger partial charge in [-0.25, -0.2) is 17.9 Å². The predicted molar refractivity (Wildman–Crippen MR) is 129 cm³/mol. The van der Waals surface area contributed by atoms with Gasteiger partial charge in [-0.1, -0.05) is 17.3 Å². The summed E-state index contributed by atoms with van der Waals surface area (Å²) in [6.07, 6.45) is -0.174. The third-order valence-electron chi connectivity index (χ3n) is 6.05. The van der Waals surface area contributed by atoms with E-state index in [0.29, 0.717) is 36.6 Å². The Morgan fingerprint density at radius 3 is 2.43 bits per heavy atom. The monoisotopic (exact) mass is 533 g/mol. The number of fused-ring (bicyclic) bond motifs is 1. The number of hydrogen-bond donors (Lipinski definition) is 1. The second-order valence-corrected chi connectivity index (χ2v) is 8.65. The van der Waals surface area contributed by atoms with Crippen molar-refractivity contribution in [2.24, 2.45) is 5.73 Å². The molecule has 2 aromatic heterocycles. The van der Waals surface area contributed by atoms with Gasteiger partial charge < -0.3 is 15.1 Å². The number of halogens is 4. The molecule has 1 amide bonds. The molecule has 0 bridgehead atoms. The van der Waals surface area contributed by atoms with Crippen LogP contribution in [0, 0.1) is 24.4 Å². The molecule has 3 heterocycles. The SMILES string of the molecule is Cc1nnc(-c2ccc(-c3nnn4c3CN(C(=O)C[C@H](N)Cc3cc(F)c(F)cc3F)CC4)cc2)o1.Cl. The smallest absolute Gasteiger partial charge is 0.247 e. The largest absolute Gasteiger partial charge is 0.421 e. The van der Waals surface area contributed by atoms with Gasteiger partial charge in [-0.3, -0.25) is 4.79 Å². The van der Waals surface area contributed by atoms with E-state index in [1.54, 1.807) is 16.5 Å². The zero-order valence-electron chi connectivity index (χ0n) is 19.7. The standard InChI is InChI=1S/C24H22F3N7O2.ClH/c1-13-29-31-24(36-13)15-4-2-14(3-5-15)23-21-12-33(6-7-34(21)32-30-23)22(35)10-17(28)8-16-9-19(26)20(27)11-18(16)25;/h2-5,9,11,17H,6-8,10,12,28H2,1H3;1H/t17-;/m1./s1. The Morgan fingerprint density at radius 2 is 1.73 bits per heavy atom. The van der Waals surface area contributed by atoms with Gasteiger partial charge in [0, 0.05) is 43.1 Å². The molecule has 2 N–H and O–H groups in total. The highest BCUT2D eigenvalue weighted by atomic mass is 35.5. The van der Waals surface area contributed by atoms with Crippen LogP contribution in [0.1, 0.15) is 23.6 Å². The number of aromatic nitrogens is 5. The van der Waals surface area contributed by atoms with E-state index in [1.807, 2.05) is 24.3 Å². The molecule has 0 radical (unpaired) electrons. The molecule has 0 spiro atoms. The topological polar surface area (TPSA) is 116 Å². The maximum Gasteiger partial charge on any atom is 0.247 e. The van der Waals surface area contributed by atoms with Crippen molar-refractivity contribution in [3.63, 3.8) is 0 Å². The van der Waals surface area contributed by atoms with Crippen molar-refractivity contribution in [1.82, 2.24) is 30.1 Å². The molecule has 13 heteroatoms. The van der Waals surface area contributed by atoms with Gasteiger partial charge in [-0.2, -0.15) is 0 Å². The molecule has 0 fully saturated rings. The first-order valence-corrected chi connectivity index (χ1v) is 11.3. The number of aryl methyl sites for hydroxylation is 1. The number of nitrogens with two attached hydrogens (primary N) is 1. The summed E-state index contributed by atoms with van der Waals surface area (Å²) in [7, 11) is 0. The summed E-state index contributed by atoms with van der Waals surface area (Å²) in [6, 6.07) is 7.92. The van der Waals surface area contributed by atoms with Crippen LogP contribution in [0.2, 0.25) is 0 Å². The van der Waals surface area contributed by atoms with E-state index in [2.05, 4.69) is 20.5 Å². The molecule has 5 rings (SSSR count). The Balaban J connectivity index is 0.00000320. The number of carbonyl (C=O) groups excluding carboxylic acids is 1. The van der Waals surface area contributed by atoms with Gasteiger partial charge >= 0.3 is 0 Å². The van der Waals surface area contributed by atoms with Crippen LogP contribution in [0.3, 0.4) is 0 Å². The first-order valence-electron chi connectivity index (χ1n) is 11.3. The highest BCUT2D eigenvalue weighted by molar-refractivity contribution is 5.85. The molecule has 0 saturated heterocycles. The fraction of sp³-hybridized carbons (Fsp3) is 0.292. The van der Waals surface area contributed by atoms with Crippen LogP contribution in [-0.2, 0) is 24.3 Å². The highest BCUT2D eigenvalue weighted by Gasteiger charge is 2.27. The zero-order chi connectivity index (χ0) is 25.4. The molecule has 0 aliphatic carbocycles. The Kier molecular flexibility index (Phi) is 7.60. The average Bonchev–Trinajstić information content (AvgIpc) is 3.48. The first kappa shape index (κ1) is 26.3. The molecular formula is C24H23ClF3N7O2. The van der Waals surface area contributed by atoms with E-state index in [1.165, 1.54) is 0 Å². The van der Waals surface area contributed by atoms with Gasteiger partial charge in [0.05, 0.1) is 18.8 Å². The fourth-order valence-electron chi connectivity index (χ4n) is 4.19. The van der Waals surface area contributed by atoms with Crippen molar-refractivity contribution in [2.75, 3.05) is 6.54 Å². The number of hydrogen-bond acceptors (Lipinski definition) is 7. The Morgan fingerprint density at radius 1 is 1.03 bits per heavy atom. The van der Waals surface area contributed by atoms with Crippen molar-refractivity contribution >= 4 is 18.3 Å². The van der Waals surface area contributed by atoms with Crippen LogP contribution >= 0.6 is 12.4 Å². The summed E-state index contributed by atoms with van der Waals surface area (Å²) < 4.78 is 47.8. The molecule has 37 heavy (non-hydrogen) atoms. The number of amides is 1. The lowest BCUT2D eigenvalue weighted by Crippen LogP contribution is -2.41. The Bertz CT molecular complexity index is 1420. The summed E-state index contributed by atoms with van der Waals surface area (Å²) in [4.78, 5) is 14.6. The van der Waals surface area contributed by atoms with E-state index < -0.39 is 23.5 Å². The second-order valence-electron chi connectivity index (χ2n) is 8.65. The summed E-state index contributed by atoms with van der Waals surface area (Å²) >= 11 is 0. The van der Waals surface area contributed by atoms with E-state index in [-0.39, 0.29) is 43.3 Å². The zero-order valence-corrected chi connectivity index (χ0v) is 20.5. The van der Waals surface area contributed by atoms with Crippen molar-refractivity contribution in [1.29, 1.82) is 0 Å². The van der Waals surface area contributed by atoms with Crippen LogP contribution in [0.15, 0.2) is 40.8 Å². The summed E-state index contributed by atoms with van der Waals surface area (Å²) in [5, 5.41) is 16.4. The van der Waals surface area contributed by atoms with E-state index >= 15 is 0 Å². The van der Waals surface area contributed by atoms with Crippen LogP contribution < -0.4 is 5.73 Å². The molecule has 1 atom stereocenters. The minimum atomic E-state index is -1.27. The number of nitrogens with zero attached hydrogens (tertiary/aromatic N) is 6. The van der Waals surface area contributed by atoms with Crippen LogP contribution in [0.5, 0.6) is 0 Å². The molecule has 4 aromatic rings. The van der Waals surface area contributed by atoms with Crippen molar-refractivity contribution in [3.05, 3.63) is 71.0 Å². The Labute approximate surface area is 215 Å². The van der Waals surface area contributed by atoms with Crippen molar-refractivity contribution in [3.8, 4) is 22.7 Å². The lowest BCUT2D eigenvalue weighted by molar-refractivity contribution is -0.133. The maximum atomic E-state index is 14.0. The molecule has 2 aromatic carbocycles. The molecule has 0 saturated carbocycles. The lowest BCUT2D eigenvalue weighted by Gasteiger charge is -2.28. The number of rotatable bonds is 6. The highest BCUT2D eigenvalue weighted by Crippen LogP contribution is 2.28. The third kappa shape index (κ3) is 5.49. The predicted octanol–water partition coefficient (Wildman–Crippen LogP) is 3.44. The van der Waals surface area contributed by atoms with Crippen LogP contribution in [0.25, 0.3) is 22.7 Å². The number of benzene rings is 2. The van der Waals surface area contributed by atoms with Gasteiger partial charge in [0.2, 0.25) is 17.7 Å². The van der Waals surface area contributed by atoms with Crippen molar-refractivity contribution in [2.45, 2.75) is 38.9 Å². The quantitative estimate of drug-likeness (QED) is 0.377. The molecular weight excluding hydrogens is 511 g/mol. The Hall–Kier alpha value is -3.77. The maximum absolute atomic E-state index is 14.0. The van der Waals surface area contributed by atoms with E-state index in [0.717, 1.165) is 22.9 Å². The van der Waals surface area contributed by atoms with Gasteiger partial charge in [0.15, 0.2) is 11.6 Å². The van der Waals surface area contributed by atoms with Crippen molar-refractivity contribution < 1.29 is 22.4 Å². The summed E-state index contributed by atoms with van der Waals surface area (Å²) in [5.41, 5.74) is 8.98. The van der Waals surface area contributed by atoms with Gasteiger partial charge in [-0.15, -0.1) is 27.7 Å². The van der Waals surface area contributed by atoms with Gasteiger partial charge in [0.1, 0.15) is 11.5 Å². The molecule has 1 aliphatic heterocycles. The number of carbonyl (C=O) groups is 1. The molecule has 194 valence electrons. The first-order chi connectivity index (χ1) is 17.3. The van der Waals surface area contributed by atoms with Gasteiger partial charge in [0.25, 0.3) is 0 Å². The van der Waals surface area contributed by atoms with E-state index in [4.69, 9.17) is 10.2 Å². The molecule has 1 aliphatic rings. The fourth-order valence-corrected chi connectivity index (χ4v) is 4.19. The second kappa shape index (κ2) is 10.7. The normalized spacial score (nSPS) is 13.7.